The Labute approximate surface area is 139 Å². The van der Waals surface area contributed by atoms with E-state index in [9.17, 15) is 4.79 Å². The lowest BCUT2D eigenvalue weighted by atomic mass is 10.1. The molecule has 0 aliphatic carbocycles. The summed E-state index contributed by atoms with van der Waals surface area (Å²) >= 11 is 1.80. The van der Waals surface area contributed by atoms with Crippen LogP contribution in [-0.4, -0.2) is 49.6 Å². The minimum atomic E-state index is -0.110. The van der Waals surface area contributed by atoms with Gasteiger partial charge in [0.1, 0.15) is 11.6 Å². The van der Waals surface area contributed by atoms with Crippen LogP contribution in [0.15, 0.2) is 11.4 Å². The van der Waals surface area contributed by atoms with Crippen molar-refractivity contribution in [2.24, 2.45) is 0 Å². The molecule has 0 spiro atoms. The molecule has 4 heterocycles. The van der Waals surface area contributed by atoms with Gasteiger partial charge in [-0.3, -0.25) is 9.69 Å². The van der Waals surface area contributed by atoms with Gasteiger partial charge in [0, 0.05) is 31.1 Å². The van der Waals surface area contributed by atoms with Crippen molar-refractivity contribution < 1.29 is 4.79 Å². The maximum atomic E-state index is 12.9. The summed E-state index contributed by atoms with van der Waals surface area (Å²) in [5.41, 5.74) is 1.32. The quantitative estimate of drug-likeness (QED) is 0.835. The monoisotopic (exact) mass is 331 g/mol. The maximum absolute atomic E-state index is 12.9. The van der Waals surface area contributed by atoms with Gasteiger partial charge in [-0.1, -0.05) is 0 Å². The molecule has 2 aliphatic heterocycles. The van der Waals surface area contributed by atoms with Gasteiger partial charge in [0.15, 0.2) is 0 Å². The zero-order valence-corrected chi connectivity index (χ0v) is 14.3. The number of fused-ring (bicyclic) bond motifs is 2. The second-order valence-corrected chi connectivity index (χ2v) is 7.34. The molecule has 0 bridgehead atoms. The van der Waals surface area contributed by atoms with Gasteiger partial charge in [-0.2, -0.15) is 0 Å². The minimum absolute atomic E-state index is 0.110. The summed E-state index contributed by atoms with van der Waals surface area (Å²) in [7, 11) is 0. The van der Waals surface area contributed by atoms with Gasteiger partial charge in [0.25, 0.3) is 0 Å². The van der Waals surface area contributed by atoms with E-state index < -0.39 is 0 Å². The average molecular weight is 331 g/mol. The molecule has 1 amide bonds. The number of thiophene rings is 1. The summed E-state index contributed by atoms with van der Waals surface area (Å²) in [5.74, 6) is 2.15. The van der Waals surface area contributed by atoms with Crippen molar-refractivity contribution in [2.45, 2.75) is 45.9 Å². The van der Waals surface area contributed by atoms with E-state index in [-0.39, 0.29) is 11.9 Å². The Morgan fingerprint density at radius 2 is 2.13 bits per heavy atom. The lowest BCUT2D eigenvalue weighted by Gasteiger charge is -2.36. The minimum Gasteiger partial charge on any atom is -0.337 e. The van der Waals surface area contributed by atoms with Crippen molar-refractivity contribution in [3.8, 4) is 0 Å². The van der Waals surface area contributed by atoms with Gasteiger partial charge in [0.05, 0.1) is 12.6 Å². The third-order valence-electron chi connectivity index (χ3n) is 4.99. The molecule has 2 aliphatic rings. The highest BCUT2D eigenvalue weighted by Gasteiger charge is 2.31. The standard InChI is InChI=1S/C16H21N5OS/c1-11(19-6-7-21-12(2)17-18-15(21)10-19)16(22)20-5-3-14-13(9-20)4-8-23-14/h4,8,11H,3,5-7,9-10H2,1-2H3/t11-/m0/s1. The first-order valence-electron chi connectivity index (χ1n) is 8.10. The van der Waals surface area contributed by atoms with E-state index >= 15 is 0 Å². The van der Waals surface area contributed by atoms with Crippen LogP contribution >= 0.6 is 11.3 Å². The Kier molecular flexibility index (Phi) is 3.69. The van der Waals surface area contributed by atoms with Crippen molar-refractivity contribution in [1.82, 2.24) is 24.6 Å². The van der Waals surface area contributed by atoms with Crippen molar-refractivity contribution in [3.63, 3.8) is 0 Å². The van der Waals surface area contributed by atoms with Gasteiger partial charge in [-0.15, -0.1) is 21.5 Å². The molecule has 0 unspecified atom stereocenters. The first kappa shape index (κ1) is 14.8. The fourth-order valence-electron chi connectivity index (χ4n) is 3.51. The molecule has 7 heteroatoms. The number of rotatable bonds is 2. The number of hydrogen-bond donors (Lipinski definition) is 0. The third-order valence-corrected chi connectivity index (χ3v) is 6.02. The van der Waals surface area contributed by atoms with Crippen LogP contribution in [0.25, 0.3) is 0 Å². The van der Waals surface area contributed by atoms with Crippen LogP contribution in [0.4, 0.5) is 0 Å². The number of hydrogen-bond acceptors (Lipinski definition) is 5. The van der Waals surface area contributed by atoms with E-state index in [1.807, 2.05) is 18.7 Å². The summed E-state index contributed by atoms with van der Waals surface area (Å²) in [5, 5.41) is 10.5. The fourth-order valence-corrected chi connectivity index (χ4v) is 4.40. The zero-order chi connectivity index (χ0) is 16.0. The molecule has 0 saturated carbocycles. The van der Waals surface area contributed by atoms with Crippen LogP contribution in [0.5, 0.6) is 0 Å². The van der Waals surface area contributed by atoms with Crippen LogP contribution in [-0.2, 0) is 30.8 Å². The summed E-state index contributed by atoms with van der Waals surface area (Å²) < 4.78 is 2.15. The maximum Gasteiger partial charge on any atom is 0.239 e. The summed E-state index contributed by atoms with van der Waals surface area (Å²) in [4.78, 5) is 18.5. The molecule has 0 saturated heterocycles. The highest BCUT2D eigenvalue weighted by atomic mass is 32.1. The molecule has 1 atom stereocenters. The molecule has 2 aromatic rings. The SMILES string of the molecule is Cc1nnc2n1CCN([C@@H](C)C(=O)N1CCc3sccc3C1)C2. The molecule has 4 rings (SSSR count). The lowest BCUT2D eigenvalue weighted by molar-refractivity contribution is -0.138. The van der Waals surface area contributed by atoms with E-state index in [1.54, 1.807) is 11.3 Å². The molecule has 0 N–H and O–H groups in total. The van der Waals surface area contributed by atoms with Gasteiger partial charge in [0.2, 0.25) is 5.91 Å². The largest absolute Gasteiger partial charge is 0.337 e. The highest BCUT2D eigenvalue weighted by Crippen LogP contribution is 2.25. The first-order valence-corrected chi connectivity index (χ1v) is 8.98. The van der Waals surface area contributed by atoms with Crippen LogP contribution in [0, 0.1) is 6.92 Å². The summed E-state index contributed by atoms with van der Waals surface area (Å²) in [6.45, 7) is 8.02. The molecular weight excluding hydrogens is 310 g/mol. The fraction of sp³-hybridized carbons (Fsp3) is 0.562. The Morgan fingerprint density at radius 3 is 3.00 bits per heavy atom. The van der Waals surface area contributed by atoms with Crippen LogP contribution < -0.4 is 0 Å². The third kappa shape index (κ3) is 2.57. The number of amides is 1. The number of carbonyl (C=O) groups excluding carboxylic acids is 1. The van der Waals surface area contributed by atoms with E-state index in [0.717, 1.165) is 44.2 Å². The van der Waals surface area contributed by atoms with Gasteiger partial charge >= 0.3 is 0 Å². The van der Waals surface area contributed by atoms with Crippen LogP contribution in [0.3, 0.4) is 0 Å². The molecule has 2 aromatic heterocycles. The van der Waals surface area contributed by atoms with Crippen LogP contribution in [0.2, 0.25) is 0 Å². The molecule has 122 valence electrons. The molecular formula is C16H21N5OS. The Bertz CT molecular complexity index is 737. The van der Waals surface area contributed by atoms with E-state index in [4.69, 9.17) is 0 Å². The van der Waals surface area contributed by atoms with Gasteiger partial charge in [-0.25, -0.2) is 0 Å². The van der Waals surface area contributed by atoms with Gasteiger partial charge in [-0.05, 0) is 37.3 Å². The van der Waals surface area contributed by atoms with Crippen molar-refractivity contribution in [3.05, 3.63) is 33.5 Å². The topological polar surface area (TPSA) is 54.3 Å². The first-order chi connectivity index (χ1) is 11.1. The average Bonchev–Trinajstić information content (AvgIpc) is 3.19. The smallest absolute Gasteiger partial charge is 0.239 e. The van der Waals surface area contributed by atoms with Crippen molar-refractivity contribution in [2.75, 3.05) is 13.1 Å². The normalized spacial score (nSPS) is 19.3. The molecule has 0 radical (unpaired) electrons. The second-order valence-electron chi connectivity index (χ2n) is 6.34. The van der Waals surface area contributed by atoms with Crippen molar-refractivity contribution >= 4 is 17.2 Å². The van der Waals surface area contributed by atoms with E-state index in [1.165, 1.54) is 10.4 Å². The second kappa shape index (κ2) is 5.72. The Hall–Kier alpha value is -1.73. The predicted octanol–water partition coefficient (Wildman–Crippen LogP) is 1.44. The van der Waals surface area contributed by atoms with E-state index in [0.29, 0.717) is 6.54 Å². The summed E-state index contributed by atoms with van der Waals surface area (Å²) in [6, 6.07) is 2.04. The zero-order valence-electron chi connectivity index (χ0n) is 13.5. The predicted molar refractivity (Wildman–Crippen MR) is 88.1 cm³/mol. The molecule has 23 heavy (non-hydrogen) atoms. The lowest BCUT2D eigenvalue weighted by Crippen LogP contribution is -2.50. The number of aromatic nitrogens is 3. The molecule has 6 nitrogen and oxygen atoms in total. The van der Waals surface area contributed by atoms with Gasteiger partial charge < -0.3 is 9.47 Å². The van der Waals surface area contributed by atoms with Crippen LogP contribution in [0.1, 0.15) is 29.0 Å². The van der Waals surface area contributed by atoms with E-state index in [2.05, 4.69) is 31.1 Å². The highest BCUT2D eigenvalue weighted by molar-refractivity contribution is 7.10. The Morgan fingerprint density at radius 1 is 1.26 bits per heavy atom. The number of aryl methyl sites for hydroxylation is 1. The molecule has 0 fully saturated rings. The molecule has 0 aromatic carbocycles. The Balaban J connectivity index is 1.45. The summed E-state index contributed by atoms with van der Waals surface area (Å²) in [6.07, 6.45) is 0.985. The number of nitrogens with zero attached hydrogens (tertiary/aromatic N) is 5. The number of carbonyl (C=O) groups is 1. The van der Waals surface area contributed by atoms with Crippen molar-refractivity contribution in [1.29, 1.82) is 0 Å².